The summed E-state index contributed by atoms with van der Waals surface area (Å²) < 4.78 is 5.11. The van der Waals surface area contributed by atoms with Gasteiger partial charge in [0.1, 0.15) is 11.4 Å². The van der Waals surface area contributed by atoms with E-state index in [1.807, 2.05) is 18.2 Å². The fraction of sp³-hybridized carbons (Fsp3) is 0.467. The third kappa shape index (κ3) is 3.20. The van der Waals surface area contributed by atoms with Crippen LogP contribution in [0.2, 0.25) is 0 Å². The minimum Gasteiger partial charge on any atom is -0.494 e. The minimum atomic E-state index is 0.369. The van der Waals surface area contributed by atoms with Crippen LogP contribution < -0.4 is 4.74 Å². The maximum Gasteiger partial charge on any atom is 0.150 e. The van der Waals surface area contributed by atoms with E-state index in [1.165, 1.54) is 5.57 Å². The molecule has 0 aromatic heterocycles. The molecule has 1 aliphatic rings. The van der Waals surface area contributed by atoms with Crippen LogP contribution in [0.4, 0.5) is 5.69 Å². The lowest BCUT2D eigenvalue weighted by Gasteiger charge is -2.27. The smallest absolute Gasteiger partial charge is 0.150 e. The Morgan fingerprint density at radius 2 is 2.26 bits per heavy atom. The molecule has 0 N–H and O–H groups in total. The third-order valence-corrected chi connectivity index (χ3v) is 3.42. The lowest BCUT2D eigenvalue weighted by Crippen LogP contribution is -2.30. The zero-order chi connectivity index (χ0) is 13.7. The fourth-order valence-corrected chi connectivity index (χ4v) is 2.48. The van der Waals surface area contributed by atoms with Crippen molar-refractivity contribution < 1.29 is 4.74 Å². The number of hydrogen-bond acceptors (Lipinski definition) is 4. The Balaban J connectivity index is 2.22. The van der Waals surface area contributed by atoms with Crippen LogP contribution >= 0.6 is 0 Å². The van der Waals surface area contributed by atoms with Gasteiger partial charge in [-0.2, -0.15) is 0 Å². The van der Waals surface area contributed by atoms with Gasteiger partial charge in [0.2, 0.25) is 0 Å². The molecule has 102 valence electrons. The SMILES string of the molecule is CCCN1CCC=C(c2ccc(OC)c(N=O)c2)C1. The fourth-order valence-electron chi connectivity index (χ4n) is 2.48. The summed E-state index contributed by atoms with van der Waals surface area (Å²) in [4.78, 5) is 13.3. The molecule has 0 saturated heterocycles. The quantitative estimate of drug-likeness (QED) is 0.760. The summed E-state index contributed by atoms with van der Waals surface area (Å²) in [7, 11) is 1.55. The maximum atomic E-state index is 10.8. The molecule has 4 nitrogen and oxygen atoms in total. The zero-order valence-electron chi connectivity index (χ0n) is 11.6. The first-order valence-corrected chi connectivity index (χ1v) is 6.71. The Hall–Kier alpha value is -1.68. The largest absolute Gasteiger partial charge is 0.494 e. The van der Waals surface area contributed by atoms with Crippen LogP contribution in [0.3, 0.4) is 0 Å². The van der Waals surface area contributed by atoms with Crippen LogP contribution in [0, 0.1) is 4.91 Å². The second kappa shape index (κ2) is 6.48. The van der Waals surface area contributed by atoms with Crippen LogP contribution in [-0.4, -0.2) is 31.6 Å². The second-order valence-corrected chi connectivity index (χ2v) is 4.77. The molecule has 0 bridgehead atoms. The van der Waals surface area contributed by atoms with Crippen LogP contribution in [0.25, 0.3) is 5.57 Å². The molecule has 19 heavy (non-hydrogen) atoms. The van der Waals surface area contributed by atoms with E-state index in [0.717, 1.165) is 38.0 Å². The first-order valence-electron chi connectivity index (χ1n) is 6.71. The lowest BCUT2D eigenvalue weighted by atomic mass is 10.0. The monoisotopic (exact) mass is 260 g/mol. The maximum absolute atomic E-state index is 10.8. The molecule has 1 aromatic carbocycles. The molecule has 0 radical (unpaired) electrons. The van der Waals surface area contributed by atoms with Crippen molar-refractivity contribution in [3.63, 3.8) is 0 Å². The standard InChI is InChI=1S/C15H20N2O2/c1-3-8-17-9-4-5-13(11-17)12-6-7-15(19-2)14(10-12)16-18/h5-7,10H,3-4,8-9,11H2,1-2H3. The predicted molar refractivity (Wildman–Crippen MR) is 77.8 cm³/mol. The number of nitrogens with zero attached hydrogens (tertiary/aromatic N) is 2. The highest BCUT2D eigenvalue weighted by atomic mass is 16.5. The van der Waals surface area contributed by atoms with E-state index in [4.69, 9.17) is 4.74 Å². The molecule has 0 spiro atoms. The van der Waals surface area contributed by atoms with Gasteiger partial charge >= 0.3 is 0 Å². The summed E-state index contributed by atoms with van der Waals surface area (Å²) in [6.45, 7) is 5.37. The normalized spacial score (nSPS) is 16.0. The molecule has 0 amide bonds. The lowest BCUT2D eigenvalue weighted by molar-refractivity contribution is 0.305. The van der Waals surface area contributed by atoms with Gasteiger partial charge in [0.15, 0.2) is 0 Å². The van der Waals surface area contributed by atoms with Crippen molar-refractivity contribution in [3.05, 3.63) is 34.7 Å². The summed E-state index contributed by atoms with van der Waals surface area (Å²) in [5.74, 6) is 0.528. The summed E-state index contributed by atoms with van der Waals surface area (Å²) in [5.41, 5.74) is 2.71. The highest BCUT2D eigenvalue weighted by Crippen LogP contribution is 2.31. The topological polar surface area (TPSA) is 41.9 Å². The molecule has 2 rings (SSSR count). The Morgan fingerprint density at radius 3 is 2.95 bits per heavy atom. The first-order chi connectivity index (χ1) is 9.28. The van der Waals surface area contributed by atoms with E-state index in [9.17, 15) is 4.91 Å². The molecule has 0 atom stereocenters. The number of ether oxygens (including phenoxy) is 1. The molecule has 0 aliphatic carbocycles. The van der Waals surface area contributed by atoms with Crippen molar-refractivity contribution in [3.8, 4) is 5.75 Å². The van der Waals surface area contributed by atoms with Crippen LogP contribution in [0.15, 0.2) is 29.5 Å². The average Bonchev–Trinajstić information content (AvgIpc) is 2.47. The van der Waals surface area contributed by atoms with Crippen molar-refractivity contribution in [2.45, 2.75) is 19.8 Å². The summed E-state index contributed by atoms with van der Waals surface area (Å²) in [6, 6.07) is 5.62. The van der Waals surface area contributed by atoms with Gasteiger partial charge in [0.25, 0.3) is 0 Å². The number of benzene rings is 1. The first kappa shape index (κ1) is 13.7. The number of rotatable bonds is 5. The van der Waals surface area contributed by atoms with Gasteiger partial charge in [-0.05, 0) is 47.8 Å². The molecule has 0 saturated carbocycles. The Bertz CT molecular complexity index is 483. The van der Waals surface area contributed by atoms with E-state index < -0.39 is 0 Å². The van der Waals surface area contributed by atoms with Crippen molar-refractivity contribution in [2.24, 2.45) is 5.18 Å². The highest BCUT2D eigenvalue weighted by molar-refractivity contribution is 5.72. The highest BCUT2D eigenvalue weighted by Gasteiger charge is 2.14. The van der Waals surface area contributed by atoms with Gasteiger partial charge < -0.3 is 4.74 Å². The summed E-state index contributed by atoms with van der Waals surface area (Å²) in [5, 5.41) is 3.04. The average molecular weight is 260 g/mol. The molecular weight excluding hydrogens is 240 g/mol. The van der Waals surface area contributed by atoms with Gasteiger partial charge in [-0.15, -0.1) is 4.91 Å². The van der Waals surface area contributed by atoms with Crippen LogP contribution in [0.1, 0.15) is 25.3 Å². The summed E-state index contributed by atoms with van der Waals surface area (Å²) >= 11 is 0. The van der Waals surface area contributed by atoms with E-state index in [2.05, 4.69) is 23.1 Å². The molecular formula is C15H20N2O2. The van der Waals surface area contributed by atoms with Gasteiger partial charge in [0, 0.05) is 13.1 Å². The Labute approximate surface area is 114 Å². The van der Waals surface area contributed by atoms with Gasteiger partial charge in [0.05, 0.1) is 7.11 Å². The second-order valence-electron chi connectivity index (χ2n) is 4.77. The zero-order valence-corrected chi connectivity index (χ0v) is 11.6. The van der Waals surface area contributed by atoms with Crippen molar-refractivity contribution in [1.82, 2.24) is 4.90 Å². The van der Waals surface area contributed by atoms with E-state index in [1.54, 1.807) is 7.11 Å². The number of methoxy groups -OCH3 is 1. The molecule has 0 unspecified atom stereocenters. The van der Waals surface area contributed by atoms with E-state index in [-0.39, 0.29) is 0 Å². The molecule has 1 aliphatic heterocycles. The molecule has 4 heteroatoms. The van der Waals surface area contributed by atoms with Crippen LogP contribution in [-0.2, 0) is 0 Å². The molecule has 1 aromatic rings. The molecule has 1 heterocycles. The minimum absolute atomic E-state index is 0.369. The number of hydrogen-bond donors (Lipinski definition) is 0. The van der Waals surface area contributed by atoms with Crippen molar-refractivity contribution in [2.75, 3.05) is 26.7 Å². The van der Waals surface area contributed by atoms with E-state index >= 15 is 0 Å². The molecule has 0 fully saturated rings. The van der Waals surface area contributed by atoms with E-state index in [0.29, 0.717) is 11.4 Å². The van der Waals surface area contributed by atoms with Crippen LogP contribution in [0.5, 0.6) is 5.75 Å². The Kier molecular flexibility index (Phi) is 4.68. The predicted octanol–water partition coefficient (Wildman–Crippen LogP) is 3.59. The number of nitroso groups, excluding NO2 is 1. The van der Waals surface area contributed by atoms with Gasteiger partial charge in [-0.1, -0.05) is 19.1 Å². The summed E-state index contributed by atoms with van der Waals surface area (Å²) in [6.07, 6.45) is 4.48. The Morgan fingerprint density at radius 1 is 1.42 bits per heavy atom. The third-order valence-electron chi connectivity index (χ3n) is 3.42. The van der Waals surface area contributed by atoms with Crippen molar-refractivity contribution >= 4 is 11.3 Å². The van der Waals surface area contributed by atoms with Gasteiger partial charge in [-0.25, -0.2) is 0 Å². The van der Waals surface area contributed by atoms with Gasteiger partial charge in [-0.3, -0.25) is 4.90 Å². The van der Waals surface area contributed by atoms with Crippen molar-refractivity contribution in [1.29, 1.82) is 0 Å².